The molecule has 4 heterocycles. The van der Waals surface area contributed by atoms with Gasteiger partial charge in [-0.2, -0.15) is 4.98 Å². The molecule has 0 saturated carbocycles. The van der Waals surface area contributed by atoms with Gasteiger partial charge < -0.3 is 4.74 Å². The summed E-state index contributed by atoms with van der Waals surface area (Å²) in [5.74, 6) is 0.828. The van der Waals surface area contributed by atoms with Gasteiger partial charge in [-0.15, -0.1) is 0 Å². The Morgan fingerprint density at radius 1 is 1.15 bits per heavy atom. The first kappa shape index (κ1) is 17.1. The highest BCUT2D eigenvalue weighted by molar-refractivity contribution is 7.20. The van der Waals surface area contributed by atoms with Crippen LogP contribution in [0.5, 0.6) is 10.9 Å². The third-order valence-corrected chi connectivity index (χ3v) is 6.62. The summed E-state index contributed by atoms with van der Waals surface area (Å²) in [4.78, 5) is 14.1. The number of aromatic nitrogens is 2. The zero-order chi connectivity index (χ0) is 18.4. The summed E-state index contributed by atoms with van der Waals surface area (Å²) in [6.45, 7) is 8.96. The predicted octanol–water partition coefficient (Wildman–Crippen LogP) is 4.07. The van der Waals surface area contributed by atoms with Crippen LogP contribution in [0, 0.1) is 6.92 Å². The minimum Gasteiger partial charge on any atom is -0.431 e. The number of piperazine rings is 1. The number of nitrogens with zero attached hydrogens (tertiary/aromatic N) is 4. The van der Waals surface area contributed by atoms with E-state index in [2.05, 4.69) is 44.9 Å². The van der Waals surface area contributed by atoms with Gasteiger partial charge in [-0.3, -0.25) is 9.80 Å². The fourth-order valence-electron chi connectivity index (χ4n) is 4.35. The van der Waals surface area contributed by atoms with E-state index in [4.69, 9.17) is 4.74 Å². The molecule has 2 saturated heterocycles. The van der Waals surface area contributed by atoms with E-state index in [9.17, 15) is 0 Å². The molecule has 3 aromatic rings. The molecule has 0 N–H and O–H groups in total. The molecule has 0 amide bonds. The van der Waals surface area contributed by atoms with Gasteiger partial charge in [0.15, 0.2) is 5.65 Å². The van der Waals surface area contributed by atoms with Gasteiger partial charge in [-0.25, -0.2) is 4.98 Å². The van der Waals surface area contributed by atoms with Crippen molar-refractivity contribution in [3.05, 3.63) is 47.7 Å². The zero-order valence-electron chi connectivity index (χ0n) is 15.8. The van der Waals surface area contributed by atoms with E-state index < -0.39 is 0 Å². The fraction of sp³-hybridized carbons (Fsp3) is 0.429. The second kappa shape index (κ2) is 6.86. The molecule has 2 fully saturated rings. The Bertz CT molecular complexity index is 954. The Morgan fingerprint density at radius 3 is 2.67 bits per heavy atom. The lowest BCUT2D eigenvalue weighted by Gasteiger charge is -2.33. The van der Waals surface area contributed by atoms with Crippen molar-refractivity contribution in [3.8, 4) is 10.9 Å². The number of rotatable bonds is 5. The minimum atomic E-state index is 0.646. The van der Waals surface area contributed by atoms with Crippen molar-refractivity contribution >= 4 is 21.7 Å². The van der Waals surface area contributed by atoms with Crippen molar-refractivity contribution in [1.82, 2.24) is 19.8 Å². The molecular weight excluding hydrogens is 356 g/mol. The lowest BCUT2D eigenvalue weighted by atomic mass is 10.2. The highest BCUT2D eigenvalue weighted by Gasteiger charge is 2.41. The van der Waals surface area contributed by atoms with Crippen molar-refractivity contribution in [2.75, 3.05) is 19.6 Å². The number of pyridine rings is 1. The third kappa shape index (κ3) is 3.33. The molecule has 5 nitrogen and oxygen atoms in total. The maximum absolute atomic E-state index is 5.95. The molecule has 2 aliphatic heterocycles. The smallest absolute Gasteiger partial charge is 0.281 e. The molecule has 0 aliphatic carbocycles. The average Bonchev–Trinajstić information content (AvgIpc) is 3.36. The van der Waals surface area contributed by atoms with Gasteiger partial charge in [0, 0.05) is 37.9 Å². The molecule has 2 bridgehead atoms. The predicted molar refractivity (Wildman–Crippen MR) is 109 cm³/mol. The molecule has 140 valence electrons. The van der Waals surface area contributed by atoms with Crippen LogP contribution in [0.3, 0.4) is 0 Å². The maximum atomic E-state index is 5.95. The molecule has 1 aromatic carbocycles. The third-order valence-electron chi connectivity index (χ3n) is 5.75. The normalized spacial score (nSPS) is 22.7. The molecule has 2 atom stereocenters. The van der Waals surface area contributed by atoms with Gasteiger partial charge in [0.1, 0.15) is 5.75 Å². The zero-order valence-corrected chi connectivity index (χ0v) is 16.6. The topological polar surface area (TPSA) is 41.5 Å². The summed E-state index contributed by atoms with van der Waals surface area (Å²) in [5.41, 5.74) is 3.24. The Labute approximate surface area is 163 Å². The summed E-state index contributed by atoms with van der Waals surface area (Å²) in [6, 6.07) is 12.0. The van der Waals surface area contributed by atoms with Crippen LogP contribution >= 0.6 is 11.3 Å². The highest BCUT2D eigenvalue weighted by atomic mass is 32.1. The van der Waals surface area contributed by atoms with E-state index in [1.807, 2.05) is 25.3 Å². The van der Waals surface area contributed by atoms with Crippen LogP contribution in [0.15, 0.2) is 36.5 Å². The second-order valence-corrected chi connectivity index (χ2v) is 8.61. The summed E-state index contributed by atoms with van der Waals surface area (Å²) < 4.78 is 7.02. The summed E-state index contributed by atoms with van der Waals surface area (Å²) in [6.07, 6.45) is 3.17. The summed E-state index contributed by atoms with van der Waals surface area (Å²) >= 11 is 1.54. The van der Waals surface area contributed by atoms with E-state index in [-0.39, 0.29) is 0 Å². The summed E-state index contributed by atoms with van der Waals surface area (Å²) in [5, 5.41) is 0.646. The molecule has 6 heteroatoms. The number of fused-ring (bicyclic) bond motifs is 3. The van der Waals surface area contributed by atoms with Crippen molar-refractivity contribution in [2.45, 2.75) is 38.9 Å². The maximum Gasteiger partial charge on any atom is 0.281 e. The Hall–Kier alpha value is -2.02. The van der Waals surface area contributed by atoms with Crippen molar-refractivity contribution < 1.29 is 4.74 Å². The van der Waals surface area contributed by atoms with Gasteiger partial charge in [0.2, 0.25) is 0 Å². The number of likely N-dealkylation sites (N-methyl/N-ethyl adjacent to an activating group) is 1. The standard InChI is InChI=1S/C21H24N4OS/c1-3-24-12-17-9-16(24)13-25(17)11-15-4-6-18(7-5-15)26-21-23-20-19(27-21)8-14(2)10-22-20/h4-8,10,16-17H,3,9,11-13H2,1-2H3/t16-,17-/m0/s1. The second-order valence-electron chi connectivity index (χ2n) is 7.62. The quantitative estimate of drug-likeness (QED) is 0.667. The van der Waals surface area contributed by atoms with Crippen molar-refractivity contribution in [1.29, 1.82) is 0 Å². The Kier molecular flexibility index (Phi) is 4.34. The molecular formula is C21H24N4OS. The van der Waals surface area contributed by atoms with Crippen LogP contribution in [0.25, 0.3) is 10.3 Å². The highest BCUT2D eigenvalue weighted by Crippen LogP contribution is 2.33. The summed E-state index contributed by atoms with van der Waals surface area (Å²) in [7, 11) is 0. The van der Waals surface area contributed by atoms with E-state index >= 15 is 0 Å². The van der Waals surface area contributed by atoms with Crippen LogP contribution < -0.4 is 4.74 Å². The van der Waals surface area contributed by atoms with E-state index in [0.29, 0.717) is 5.19 Å². The van der Waals surface area contributed by atoms with Gasteiger partial charge >= 0.3 is 0 Å². The fourth-order valence-corrected chi connectivity index (χ4v) is 5.24. The number of ether oxygens (including phenoxy) is 1. The van der Waals surface area contributed by atoms with Gasteiger partial charge in [0.05, 0.1) is 4.70 Å². The van der Waals surface area contributed by atoms with Gasteiger partial charge in [-0.05, 0) is 49.2 Å². The SMILES string of the molecule is CCN1C[C@@H]2C[C@H]1CN2Cc1ccc(Oc2nc3ncc(C)cc3s2)cc1. The first-order chi connectivity index (χ1) is 13.2. The average molecular weight is 381 g/mol. The Morgan fingerprint density at radius 2 is 1.93 bits per heavy atom. The van der Waals surface area contributed by atoms with E-state index in [1.165, 1.54) is 43.0 Å². The monoisotopic (exact) mass is 380 g/mol. The van der Waals surface area contributed by atoms with Crippen LogP contribution in [-0.2, 0) is 6.54 Å². The molecule has 0 radical (unpaired) electrons. The number of likely N-dealkylation sites (tertiary alicyclic amines) is 2. The van der Waals surface area contributed by atoms with Crippen molar-refractivity contribution in [3.63, 3.8) is 0 Å². The lowest BCUT2D eigenvalue weighted by Crippen LogP contribution is -2.45. The van der Waals surface area contributed by atoms with Crippen LogP contribution in [0.2, 0.25) is 0 Å². The number of thiazole rings is 1. The number of aryl methyl sites for hydroxylation is 1. The number of hydrogen-bond acceptors (Lipinski definition) is 6. The van der Waals surface area contributed by atoms with E-state index in [1.54, 1.807) is 0 Å². The van der Waals surface area contributed by atoms with Crippen LogP contribution in [-0.4, -0.2) is 51.5 Å². The molecule has 27 heavy (non-hydrogen) atoms. The van der Waals surface area contributed by atoms with Crippen LogP contribution in [0.1, 0.15) is 24.5 Å². The molecule has 2 aliphatic rings. The van der Waals surface area contributed by atoms with Gasteiger partial charge in [-0.1, -0.05) is 30.4 Å². The molecule has 2 aromatic heterocycles. The lowest BCUT2D eigenvalue weighted by molar-refractivity contribution is 0.127. The largest absolute Gasteiger partial charge is 0.431 e. The number of benzene rings is 1. The molecule has 0 spiro atoms. The van der Waals surface area contributed by atoms with E-state index in [0.717, 1.165) is 40.3 Å². The first-order valence-electron chi connectivity index (χ1n) is 9.66. The number of hydrogen-bond donors (Lipinski definition) is 0. The van der Waals surface area contributed by atoms with Gasteiger partial charge in [0.25, 0.3) is 5.19 Å². The molecule has 0 unspecified atom stereocenters. The minimum absolute atomic E-state index is 0.646. The molecule has 5 rings (SSSR count). The van der Waals surface area contributed by atoms with Crippen molar-refractivity contribution in [2.24, 2.45) is 0 Å². The van der Waals surface area contributed by atoms with Crippen LogP contribution in [0.4, 0.5) is 0 Å². The first-order valence-corrected chi connectivity index (χ1v) is 10.5. The Balaban J connectivity index is 1.24.